The molecule has 0 unspecified atom stereocenters. The first-order chi connectivity index (χ1) is 8.77. The monoisotopic (exact) mass is 240 g/mol. The highest BCUT2D eigenvalue weighted by Crippen LogP contribution is 2.16. The largest absolute Gasteiger partial charge is 0.310 e. The SMILES string of the molecule is Cc1ccccc1[C@H](C)NCCc1ccccn1. The maximum absolute atomic E-state index is 4.33. The summed E-state index contributed by atoms with van der Waals surface area (Å²) in [6.07, 6.45) is 2.82. The average molecular weight is 240 g/mol. The molecule has 0 radical (unpaired) electrons. The van der Waals surface area contributed by atoms with E-state index in [2.05, 4.69) is 54.5 Å². The van der Waals surface area contributed by atoms with E-state index in [-0.39, 0.29) is 0 Å². The molecule has 0 saturated carbocycles. The van der Waals surface area contributed by atoms with Crippen LogP contribution in [0.2, 0.25) is 0 Å². The highest BCUT2D eigenvalue weighted by atomic mass is 14.9. The average Bonchev–Trinajstić information content (AvgIpc) is 2.40. The molecule has 0 fully saturated rings. The summed E-state index contributed by atoms with van der Waals surface area (Å²) in [5, 5.41) is 3.55. The molecule has 0 spiro atoms. The predicted octanol–water partition coefficient (Wildman–Crippen LogP) is 3.28. The van der Waals surface area contributed by atoms with Gasteiger partial charge < -0.3 is 5.32 Å². The van der Waals surface area contributed by atoms with Crippen LogP contribution in [0.5, 0.6) is 0 Å². The topological polar surface area (TPSA) is 24.9 Å². The molecular weight excluding hydrogens is 220 g/mol. The van der Waals surface area contributed by atoms with Crippen molar-refractivity contribution in [2.24, 2.45) is 0 Å². The van der Waals surface area contributed by atoms with Gasteiger partial charge >= 0.3 is 0 Å². The lowest BCUT2D eigenvalue weighted by Gasteiger charge is -2.16. The highest BCUT2D eigenvalue weighted by Gasteiger charge is 2.06. The van der Waals surface area contributed by atoms with Gasteiger partial charge in [-0.1, -0.05) is 30.3 Å². The van der Waals surface area contributed by atoms with Gasteiger partial charge in [0.1, 0.15) is 0 Å². The normalized spacial score (nSPS) is 12.3. The molecule has 1 N–H and O–H groups in total. The van der Waals surface area contributed by atoms with E-state index in [1.807, 2.05) is 18.3 Å². The van der Waals surface area contributed by atoms with Crippen molar-refractivity contribution in [3.8, 4) is 0 Å². The van der Waals surface area contributed by atoms with Crippen molar-refractivity contribution in [1.29, 1.82) is 0 Å². The van der Waals surface area contributed by atoms with Crippen molar-refractivity contribution >= 4 is 0 Å². The fourth-order valence-corrected chi connectivity index (χ4v) is 2.15. The molecule has 94 valence electrons. The Labute approximate surface area is 109 Å². The van der Waals surface area contributed by atoms with E-state index in [1.54, 1.807) is 0 Å². The lowest BCUT2D eigenvalue weighted by molar-refractivity contribution is 0.571. The molecule has 1 aromatic heterocycles. The van der Waals surface area contributed by atoms with Gasteiger partial charge in [-0.05, 0) is 37.1 Å². The molecule has 0 bridgehead atoms. The summed E-state index contributed by atoms with van der Waals surface area (Å²) >= 11 is 0. The van der Waals surface area contributed by atoms with Gasteiger partial charge in [-0.2, -0.15) is 0 Å². The van der Waals surface area contributed by atoms with E-state index < -0.39 is 0 Å². The Morgan fingerprint density at radius 3 is 2.61 bits per heavy atom. The van der Waals surface area contributed by atoms with Gasteiger partial charge in [-0.15, -0.1) is 0 Å². The Kier molecular flexibility index (Phi) is 4.48. The molecule has 0 aliphatic carbocycles. The smallest absolute Gasteiger partial charge is 0.0416 e. The Morgan fingerprint density at radius 2 is 1.89 bits per heavy atom. The van der Waals surface area contributed by atoms with Crippen molar-refractivity contribution in [2.75, 3.05) is 6.54 Å². The third kappa shape index (κ3) is 3.41. The summed E-state index contributed by atoms with van der Waals surface area (Å²) in [6, 6.07) is 15.0. The van der Waals surface area contributed by atoms with Crippen LogP contribution in [0.3, 0.4) is 0 Å². The third-order valence-corrected chi connectivity index (χ3v) is 3.21. The van der Waals surface area contributed by atoms with Crippen LogP contribution in [0, 0.1) is 6.92 Å². The zero-order valence-corrected chi connectivity index (χ0v) is 11.1. The highest BCUT2D eigenvalue weighted by molar-refractivity contribution is 5.28. The minimum Gasteiger partial charge on any atom is -0.310 e. The molecule has 1 aromatic carbocycles. The zero-order valence-electron chi connectivity index (χ0n) is 11.1. The molecule has 0 amide bonds. The lowest BCUT2D eigenvalue weighted by Crippen LogP contribution is -2.22. The Balaban J connectivity index is 1.86. The standard InChI is InChI=1S/C16H20N2/c1-13-7-3-4-9-16(13)14(2)17-12-10-15-8-5-6-11-18-15/h3-9,11,14,17H,10,12H2,1-2H3/t14-/m0/s1. The number of aryl methyl sites for hydroxylation is 1. The van der Waals surface area contributed by atoms with Crippen LogP contribution in [0.1, 0.15) is 29.8 Å². The van der Waals surface area contributed by atoms with Crippen LogP contribution in [0.15, 0.2) is 48.7 Å². The van der Waals surface area contributed by atoms with Crippen molar-refractivity contribution in [3.05, 3.63) is 65.5 Å². The van der Waals surface area contributed by atoms with Gasteiger partial charge in [0.15, 0.2) is 0 Å². The number of aromatic nitrogens is 1. The molecule has 1 heterocycles. The number of nitrogens with one attached hydrogen (secondary N) is 1. The van der Waals surface area contributed by atoms with Gasteiger partial charge in [0.25, 0.3) is 0 Å². The first-order valence-electron chi connectivity index (χ1n) is 6.46. The Bertz CT molecular complexity index is 479. The van der Waals surface area contributed by atoms with Crippen molar-refractivity contribution in [2.45, 2.75) is 26.3 Å². The molecule has 0 aliphatic heterocycles. The quantitative estimate of drug-likeness (QED) is 0.867. The van der Waals surface area contributed by atoms with Crippen LogP contribution >= 0.6 is 0 Å². The second-order valence-corrected chi connectivity index (χ2v) is 4.60. The van der Waals surface area contributed by atoms with Crippen LogP contribution < -0.4 is 5.32 Å². The minimum atomic E-state index is 0.384. The van der Waals surface area contributed by atoms with Crippen LogP contribution in [0.25, 0.3) is 0 Å². The van der Waals surface area contributed by atoms with Crippen molar-refractivity contribution < 1.29 is 0 Å². The van der Waals surface area contributed by atoms with E-state index in [4.69, 9.17) is 0 Å². The summed E-state index contributed by atoms with van der Waals surface area (Å²) in [6.45, 7) is 5.32. The molecule has 2 rings (SSSR count). The Morgan fingerprint density at radius 1 is 1.11 bits per heavy atom. The number of nitrogens with zero attached hydrogens (tertiary/aromatic N) is 1. The van der Waals surface area contributed by atoms with Gasteiger partial charge in [0.05, 0.1) is 0 Å². The minimum absolute atomic E-state index is 0.384. The summed E-state index contributed by atoms with van der Waals surface area (Å²) in [4.78, 5) is 4.33. The van der Waals surface area contributed by atoms with E-state index in [1.165, 1.54) is 11.1 Å². The number of rotatable bonds is 5. The number of benzene rings is 1. The third-order valence-electron chi connectivity index (χ3n) is 3.21. The molecule has 2 heteroatoms. The van der Waals surface area contributed by atoms with Gasteiger partial charge in [-0.3, -0.25) is 4.98 Å². The molecule has 0 aliphatic rings. The van der Waals surface area contributed by atoms with Gasteiger partial charge in [0, 0.05) is 30.9 Å². The lowest BCUT2D eigenvalue weighted by atomic mass is 10.0. The predicted molar refractivity (Wildman–Crippen MR) is 75.5 cm³/mol. The fourth-order valence-electron chi connectivity index (χ4n) is 2.15. The summed E-state index contributed by atoms with van der Waals surface area (Å²) in [7, 11) is 0. The maximum atomic E-state index is 4.33. The summed E-state index contributed by atoms with van der Waals surface area (Å²) in [5.74, 6) is 0. The number of hydrogen-bond acceptors (Lipinski definition) is 2. The van der Waals surface area contributed by atoms with E-state index in [9.17, 15) is 0 Å². The van der Waals surface area contributed by atoms with E-state index in [0.717, 1.165) is 18.7 Å². The van der Waals surface area contributed by atoms with Crippen LogP contribution in [0.4, 0.5) is 0 Å². The zero-order chi connectivity index (χ0) is 12.8. The molecule has 18 heavy (non-hydrogen) atoms. The molecule has 2 nitrogen and oxygen atoms in total. The van der Waals surface area contributed by atoms with Gasteiger partial charge in [-0.25, -0.2) is 0 Å². The van der Waals surface area contributed by atoms with E-state index in [0.29, 0.717) is 6.04 Å². The summed E-state index contributed by atoms with van der Waals surface area (Å²) < 4.78 is 0. The fraction of sp³-hybridized carbons (Fsp3) is 0.312. The van der Waals surface area contributed by atoms with Crippen molar-refractivity contribution in [1.82, 2.24) is 10.3 Å². The molecule has 0 saturated heterocycles. The second kappa shape index (κ2) is 6.31. The molecule has 1 atom stereocenters. The maximum Gasteiger partial charge on any atom is 0.0416 e. The van der Waals surface area contributed by atoms with Crippen LogP contribution in [-0.4, -0.2) is 11.5 Å². The Hall–Kier alpha value is -1.67. The first-order valence-corrected chi connectivity index (χ1v) is 6.46. The van der Waals surface area contributed by atoms with Crippen LogP contribution in [-0.2, 0) is 6.42 Å². The summed E-state index contributed by atoms with van der Waals surface area (Å²) in [5.41, 5.74) is 3.86. The molecule has 2 aromatic rings. The second-order valence-electron chi connectivity index (χ2n) is 4.60. The first kappa shape index (κ1) is 12.8. The van der Waals surface area contributed by atoms with Crippen molar-refractivity contribution in [3.63, 3.8) is 0 Å². The van der Waals surface area contributed by atoms with E-state index >= 15 is 0 Å². The molecular formula is C16H20N2. The number of pyridine rings is 1. The number of hydrogen-bond donors (Lipinski definition) is 1. The van der Waals surface area contributed by atoms with Gasteiger partial charge in [0.2, 0.25) is 0 Å².